The molecule has 0 atom stereocenters. The third-order valence-electron chi connectivity index (χ3n) is 3.23. The van der Waals surface area contributed by atoms with Crippen LogP contribution in [0.15, 0.2) is 33.8 Å². The fourth-order valence-electron chi connectivity index (χ4n) is 1.90. The summed E-state index contributed by atoms with van der Waals surface area (Å²) in [7, 11) is 1.74. The first kappa shape index (κ1) is 20.7. The molecule has 0 aliphatic carbocycles. The van der Waals surface area contributed by atoms with Crippen LogP contribution in [0.2, 0.25) is 5.02 Å². The van der Waals surface area contributed by atoms with Crippen LogP contribution >= 0.6 is 35.6 Å². The Hall–Kier alpha value is -1.35. The molecule has 0 unspecified atom stereocenters. The predicted molar refractivity (Wildman–Crippen MR) is 107 cm³/mol. The summed E-state index contributed by atoms with van der Waals surface area (Å²) in [6, 6.07) is 7.70. The van der Waals surface area contributed by atoms with Gasteiger partial charge in [-0.1, -0.05) is 42.7 Å². The van der Waals surface area contributed by atoms with E-state index in [-0.39, 0.29) is 29.9 Å². The zero-order valence-corrected chi connectivity index (χ0v) is 17.1. The number of benzene rings is 1. The Bertz CT molecular complexity index is 642. The average Bonchev–Trinajstić information content (AvgIpc) is 3.01. The summed E-state index contributed by atoms with van der Waals surface area (Å²) in [5.41, 5.74) is 1.14. The molecule has 2 aromatic rings. The van der Waals surface area contributed by atoms with Gasteiger partial charge in [-0.25, -0.2) is 0 Å². The molecule has 0 spiro atoms. The molecule has 1 aromatic heterocycles. The van der Waals surface area contributed by atoms with Crippen LogP contribution < -0.4 is 10.6 Å². The van der Waals surface area contributed by atoms with Crippen LogP contribution in [0.4, 0.5) is 0 Å². The van der Waals surface area contributed by atoms with Gasteiger partial charge in [-0.05, 0) is 17.7 Å². The maximum Gasteiger partial charge on any atom is 0.228 e. The van der Waals surface area contributed by atoms with Crippen LogP contribution in [0.5, 0.6) is 0 Å². The minimum atomic E-state index is 0. The van der Waals surface area contributed by atoms with E-state index in [2.05, 4.69) is 25.8 Å². The van der Waals surface area contributed by atoms with Crippen LogP contribution in [0, 0.1) is 0 Å². The van der Waals surface area contributed by atoms with Gasteiger partial charge in [0, 0.05) is 37.5 Å². The first-order valence-electron chi connectivity index (χ1n) is 7.60. The monoisotopic (exact) mass is 463 g/mol. The molecule has 0 saturated carbocycles. The number of nitrogens with zero attached hydrogens (tertiary/aromatic N) is 3. The van der Waals surface area contributed by atoms with E-state index in [1.165, 1.54) is 0 Å². The van der Waals surface area contributed by atoms with Crippen LogP contribution in [0.1, 0.15) is 37.0 Å². The normalized spacial score (nSPS) is 11.3. The maximum atomic E-state index is 5.87. The molecular formula is C16H23ClIN5O. The molecule has 0 saturated heterocycles. The summed E-state index contributed by atoms with van der Waals surface area (Å²) in [4.78, 5) is 8.53. The van der Waals surface area contributed by atoms with Crippen molar-refractivity contribution in [2.75, 3.05) is 13.6 Å². The van der Waals surface area contributed by atoms with Gasteiger partial charge < -0.3 is 15.2 Å². The van der Waals surface area contributed by atoms with Gasteiger partial charge in [-0.2, -0.15) is 4.98 Å². The van der Waals surface area contributed by atoms with Crippen molar-refractivity contribution in [2.24, 2.45) is 4.99 Å². The van der Waals surface area contributed by atoms with Crippen LogP contribution in [-0.4, -0.2) is 29.7 Å². The molecule has 0 fully saturated rings. The minimum Gasteiger partial charge on any atom is -0.356 e. The predicted octanol–water partition coefficient (Wildman–Crippen LogP) is 3.37. The highest BCUT2D eigenvalue weighted by Crippen LogP contribution is 2.10. The van der Waals surface area contributed by atoms with Gasteiger partial charge in [0.15, 0.2) is 11.8 Å². The molecule has 1 aromatic carbocycles. The smallest absolute Gasteiger partial charge is 0.228 e. The van der Waals surface area contributed by atoms with Crippen LogP contribution in [0.3, 0.4) is 0 Å². The quantitative estimate of drug-likeness (QED) is 0.390. The summed E-state index contributed by atoms with van der Waals surface area (Å²) < 4.78 is 5.21. The molecule has 6 nitrogen and oxygen atoms in total. The molecule has 24 heavy (non-hydrogen) atoms. The zero-order chi connectivity index (χ0) is 16.7. The van der Waals surface area contributed by atoms with E-state index in [1.54, 1.807) is 7.05 Å². The third-order valence-corrected chi connectivity index (χ3v) is 3.48. The number of rotatable bonds is 6. The fraction of sp³-hybridized carbons (Fsp3) is 0.438. The summed E-state index contributed by atoms with van der Waals surface area (Å²) in [6.07, 6.45) is 0.654. The molecule has 1 heterocycles. The number of hydrogen-bond acceptors (Lipinski definition) is 4. The topological polar surface area (TPSA) is 75.3 Å². The van der Waals surface area contributed by atoms with E-state index >= 15 is 0 Å². The van der Waals surface area contributed by atoms with E-state index in [0.717, 1.165) is 22.4 Å². The minimum absolute atomic E-state index is 0. The van der Waals surface area contributed by atoms with Gasteiger partial charge in [0.2, 0.25) is 5.89 Å². The average molecular weight is 464 g/mol. The first-order valence-corrected chi connectivity index (χ1v) is 7.97. The standard InChI is InChI=1S/C16H22ClN5O.HI/c1-11(2)15-21-14(23-22-15)8-9-19-16(18-3)20-10-12-4-6-13(17)7-5-12;/h4-7,11H,8-10H2,1-3H3,(H2,18,19,20);1H. The Morgan fingerprint density at radius 3 is 2.54 bits per heavy atom. The van der Waals surface area contributed by atoms with E-state index in [4.69, 9.17) is 16.1 Å². The number of hydrogen-bond donors (Lipinski definition) is 2. The second-order valence-corrected chi connectivity index (χ2v) is 5.87. The molecule has 132 valence electrons. The highest BCUT2D eigenvalue weighted by atomic mass is 127. The summed E-state index contributed by atoms with van der Waals surface area (Å²) in [5, 5.41) is 11.1. The Kier molecular flexibility index (Phi) is 9.05. The number of halogens is 2. The van der Waals surface area contributed by atoms with Gasteiger partial charge in [0.1, 0.15) is 0 Å². The van der Waals surface area contributed by atoms with Crippen molar-refractivity contribution in [1.82, 2.24) is 20.8 Å². The molecule has 0 bridgehead atoms. The summed E-state index contributed by atoms with van der Waals surface area (Å²) in [6.45, 7) is 5.42. The van der Waals surface area contributed by atoms with E-state index in [1.807, 2.05) is 38.1 Å². The second kappa shape index (κ2) is 10.5. The van der Waals surface area contributed by atoms with Crippen LogP contribution in [-0.2, 0) is 13.0 Å². The molecule has 0 radical (unpaired) electrons. The van der Waals surface area contributed by atoms with Crippen molar-refractivity contribution in [1.29, 1.82) is 0 Å². The van der Waals surface area contributed by atoms with Crippen molar-refractivity contribution >= 4 is 41.5 Å². The Morgan fingerprint density at radius 2 is 1.96 bits per heavy atom. The maximum absolute atomic E-state index is 5.87. The fourth-order valence-corrected chi connectivity index (χ4v) is 2.03. The van der Waals surface area contributed by atoms with Crippen molar-refractivity contribution in [2.45, 2.75) is 32.7 Å². The third kappa shape index (κ3) is 6.64. The second-order valence-electron chi connectivity index (χ2n) is 5.43. The van der Waals surface area contributed by atoms with E-state index in [0.29, 0.717) is 25.4 Å². The number of aromatic nitrogens is 2. The summed E-state index contributed by atoms with van der Waals surface area (Å²) >= 11 is 5.87. The Morgan fingerprint density at radius 1 is 1.25 bits per heavy atom. The number of aliphatic imine (C=N–C) groups is 1. The molecule has 0 amide bonds. The lowest BCUT2D eigenvalue weighted by molar-refractivity contribution is 0.371. The van der Waals surface area contributed by atoms with Gasteiger partial charge >= 0.3 is 0 Å². The SMILES string of the molecule is CN=C(NCCc1nc(C(C)C)no1)NCc1ccc(Cl)cc1.I. The van der Waals surface area contributed by atoms with Gasteiger partial charge in [-0.15, -0.1) is 24.0 Å². The summed E-state index contributed by atoms with van der Waals surface area (Å²) in [5.74, 6) is 2.37. The van der Waals surface area contributed by atoms with Crippen molar-refractivity contribution < 1.29 is 4.52 Å². The largest absolute Gasteiger partial charge is 0.356 e. The van der Waals surface area contributed by atoms with Crippen molar-refractivity contribution in [3.63, 3.8) is 0 Å². The highest BCUT2D eigenvalue weighted by Gasteiger charge is 2.09. The molecular weight excluding hydrogens is 441 g/mol. The molecule has 0 aliphatic rings. The molecule has 2 rings (SSSR count). The molecule has 8 heteroatoms. The number of nitrogens with one attached hydrogen (secondary N) is 2. The number of guanidine groups is 1. The first-order chi connectivity index (χ1) is 11.1. The Labute approximate surface area is 164 Å². The lowest BCUT2D eigenvalue weighted by Gasteiger charge is -2.11. The van der Waals surface area contributed by atoms with Gasteiger partial charge in [0.25, 0.3) is 0 Å². The zero-order valence-electron chi connectivity index (χ0n) is 14.0. The molecule has 2 N–H and O–H groups in total. The highest BCUT2D eigenvalue weighted by molar-refractivity contribution is 14.0. The van der Waals surface area contributed by atoms with E-state index in [9.17, 15) is 0 Å². The van der Waals surface area contributed by atoms with Crippen molar-refractivity contribution in [3.8, 4) is 0 Å². The van der Waals surface area contributed by atoms with Gasteiger partial charge in [-0.3, -0.25) is 4.99 Å². The van der Waals surface area contributed by atoms with Crippen LogP contribution in [0.25, 0.3) is 0 Å². The Balaban J connectivity index is 0.00000288. The van der Waals surface area contributed by atoms with Gasteiger partial charge in [0.05, 0.1) is 0 Å². The van der Waals surface area contributed by atoms with Crippen molar-refractivity contribution in [3.05, 3.63) is 46.6 Å². The molecule has 0 aliphatic heterocycles. The lowest BCUT2D eigenvalue weighted by atomic mass is 10.2. The van der Waals surface area contributed by atoms with E-state index < -0.39 is 0 Å². The lowest BCUT2D eigenvalue weighted by Crippen LogP contribution is -2.37.